The number of aliphatic imine (C=N–C) groups is 1. The Labute approximate surface area is 184 Å². The van der Waals surface area contributed by atoms with Gasteiger partial charge in [-0.15, -0.1) is 24.0 Å². The Kier molecular flexibility index (Phi) is 10.4. The lowest BCUT2D eigenvalue weighted by Crippen LogP contribution is -2.41. The Bertz CT molecular complexity index is 795. The zero-order valence-electron chi connectivity index (χ0n) is 16.8. The number of nitrogens with one attached hydrogen (secondary N) is 3. The van der Waals surface area contributed by atoms with Gasteiger partial charge in [0.25, 0.3) is 0 Å². The zero-order valence-corrected chi connectivity index (χ0v) is 19.1. The number of aryl methyl sites for hydroxylation is 1. The van der Waals surface area contributed by atoms with Crippen molar-refractivity contribution in [3.05, 3.63) is 59.7 Å². The SMILES string of the molecule is CN=C(NCc1cccc(NC(C)=O)c1)NCC(C)Oc1cccc(C)c1.I. The summed E-state index contributed by atoms with van der Waals surface area (Å²) in [5.74, 6) is 1.47. The number of halogens is 1. The average molecular weight is 496 g/mol. The third-order valence-electron chi connectivity index (χ3n) is 3.81. The van der Waals surface area contributed by atoms with Gasteiger partial charge in [-0.3, -0.25) is 9.79 Å². The molecule has 0 radical (unpaired) electrons. The Balaban J connectivity index is 0.00000392. The minimum atomic E-state index is -0.0832. The van der Waals surface area contributed by atoms with Crippen LogP contribution in [0.3, 0.4) is 0 Å². The van der Waals surface area contributed by atoms with E-state index in [-0.39, 0.29) is 36.0 Å². The Morgan fingerprint density at radius 1 is 1.14 bits per heavy atom. The number of hydrogen-bond acceptors (Lipinski definition) is 3. The molecule has 0 fully saturated rings. The molecule has 6 nitrogen and oxygen atoms in total. The summed E-state index contributed by atoms with van der Waals surface area (Å²) in [6.45, 7) is 6.78. The van der Waals surface area contributed by atoms with Crippen LogP contribution in [0.5, 0.6) is 5.75 Å². The monoisotopic (exact) mass is 496 g/mol. The number of hydrogen-bond donors (Lipinski definition) is 3. The van der Waals surface area contributed by atoms with Gasteiger partial charge in [0.2, 0.25) is 5.91 Å². The van der Waals surface area contributed by atoms with Crippen molar-refractivity contribution in [2.45, 2.75) is 33.4 Å². The van der Waals surface area contributed by atoms with Gasteiger partial charge in [-0.2, -0.15) is 0 Å². The van der Waals surface area contributed by atoms with E-state index in [1.807, 2.05) is 62.4 Å². The predicted octanol–water partition coefficient (Wildman–Crippen LogP) is 3.70. The molecule has 0 heterocycles. The lowest BCUT2D eigenvalue weighted by Gasteiger charge is -2.18. The average Bonchev–Trinajstić information content (AvgIpc) is 2.61. The standard InChI is InChI=1S/C21H28N4O2.HI/c1-15-7-5-10-20(11-15)27-16(2)13-23-21(22-4)24-14-18-8-6-9-19(12-18)25-17(3)26;/h5-12,16H,13-14H2,1-4H3,(H,25,26)(H2,22,23,24);1H. The Morgan fingerprint density at radius 2 is 1.89 bits per heavy atom. The highest BCUT2D eigenvalue weighted by Crippen LogP contribution is 2.14. The van der Waals surface area contributed by atoms with Gasteiger partial charge in [-0.05, 0) is 49.2 Å². The van der Waals surface area contributed by atoms with E-state index < -0.39 is 0 Å². The molecular formula is C21H29IN4O2. The maximum atomic E-state index is 11.2. The van der Waals surface area contributed by atoms with Gasteiger partial charge >= 0.3 is 0 Å². The van der Waals surface area contributed by atoms with Gasteiger partial charge in [0, 0.05) is 26.2 Å². The van der Waals surface area contributed by atoms with Crippen LogP contribution in [0.25, 0.3) is 0 Å². The minimum absolute atomic E-state index is 0. The lowest BCUT2D eigenvalue weighted by molar-refractivity contribution is -0.114. The quantitative estimate of drug-likeness (QED) is 0.311. The second-order valence-corrected chi connectivity index (χ2v) is 6.43. The van der Waals surface area contributed by atoms with Crippen LogP contribution < -0.4 is 20.7 Å². The normalized spacial score (nSPS) is 11.8. The molecule has 2 aromatic rings. The van der Waals surface area contributed by atoms with E-state index in [4.69, 9.17) is 4.74 Å². The maximum Gasteiger partial charge on any atom is 0.221 e. The molecule has 0 saturated carbocycles. The molecule has 2 rings (SSSR count). The molecule has 152 valence electrons. The number of ether oxygens (including phenoxy) is 1. The summed E-state index contributed by atoms with van der Waals surface area (Å²) in [5, 5.41) is 9.32. The summed E-state index contributed by atoms with van der Waals surface area (Å²) in [5.41, 5.74) is 3.00. The summed E-state index contributed by atoms with van der Waals surface area (Å²) in [6.07, 6.45) is -0.00607. The van der Waals surface area contributed by atoms with Crippen LogP contribution >= 0.6 is 24.0 Å². The number of anilines is 1. The van der Waals surface area contributed by atoms with Crippen molar-refractivity contribution in [3.8, 4) is 5.75 Å². The van der Waals surface area contributed by atoms with Gasteiger partial charge in [-0.25, -0.2) is 0 Å². The number of benzene rings is 2. The molecule has 1 atom stereocenters. The smallest absolute Gasteiger partial charge is 0.221 e. The first-order valence-corrected chi connectivity index (χ1v) is 9.00. The fourth-order valence-electron chi connectivity index (χ4n) is 2.57. The molecule has 0 spiro atoms. The molecule has 1 amide bonds. The van der Waals surface area contributed by atoms with Gasteiger partial charge in [0.05, 0.1) is 6.54 Å². The minimum Gasteiger partial charge on any atom is -0.489 e. The summed E-state index contributed by atoms with van der Waals surface area (Å²) >= 11 is 0. The molecule has 0 aliphatic rings. The van der Waals surface area contributed by atoms with Crippen LogP contribution in [0.15, 0.2) is 53.5 Å². The van der Waals surface area contributed by atoms with E-state index in [0.717, 1.165) is 17.0 Å². The second kappa shape index (κ2) is 12.2. The zero-order chi connectivity index (χ0) is 19.6. The summed E-state index contributed by atoms with van der Waals surface area (Å²) in [7, 11) is 1.73. The molecule has 0 saturated heterocycles. The molecular weight excluding hydrogens is 467 g/mol. The number of guanidine groups is 1. The maximum absolute atomic E-state index is 11.2. The fourth-order valence-corrected chi connectivity index (χ4v) is 2.57. The molecule has 28 heavy (non-hydrogen) atoms. The Hall–Kier alpha value is -2.29. The second-order valence-electron chi connectivity index (χ2n) is 6.43. The first-order chi connectivity index (χ1) is 13.0. The summed E-state index contributed by atoms with van der Waals surface area (Å²) in [6, 6.07) is 15.7. The van der Waals surface area contributed by atoms with Gasteiger partial charge in [0.1, 0.15) is 11.9 Å². The van der Waals surface area contributed by atoms with Crippen LogP contribution in [0, 0.1) is 6.92 Å². The predicted molar refractivity (Wildman–Crippen MR) is 126 cm³/mol. The van der Waals surface area contributed by atoms with Crippen LogP contribution in [0.2, 0.25) is 0 Å². The molecule has 2 aromatic carbocycles. The number of carbonyl (C=O) groups is 1. The molecule has 0 aromatic heterocycles. The van der Waals surface area contributed by atoms with Crippen molar-refractivity contribution in [2.75, 3.05) is 18.9 Å². The highest BCUT2D eigenvalue weighted by molar-refractivity contribution is 14.0. The van der Waals surface area contributed by atoms with Crippen LogP contribution in [0.4, 0.5) is 5.69 Å². The first kappa shape index (κ1) is 23.7. The van der Waals surface area contributed by atoms with Crippen LogP contribution in [0.1, 0.15) is 25.0 Å². The topological polar surface area (TPSA) is 74.8 Å². The molecule has 0 bridgehead atoms. The summed E-state index contributed by atoms with van der Waals surface area (Å²) in [4.78, 5) is 15.4. The van der Waals surface area contributed by atoms with Crippen molar-refractivity contribution >= 4 is 41.5 Å². The van der Waals surface area contributed by atoms with Crippen LogP contribution in [-0.4, -0.2) is 31.6 Å². The van der Waals surface area contributed by atoms with Gasteiger partial charge in [-0.1, -0.05) is 24.3 Å². The largest absolute Gasteiger partial charge is 0.489 e. The van der Waals surface area contributed by atoms with E-state index >= 15 is 0 Å². The lowest BCUT2D eigenvalue weighted by atomic mass is 10.2. The number of nitrogens with zero attached hydrogens (tertiary/aromatic N) is 1. The number of rotatable bonds is 7. The van der Waals surface area contributed by atoms with E-state index in [0.29, 0.717) is 19.0 Å². The van der Waals surface area contributed by atoms with E-state index in [1.165, 1.54) is 12.5 Å². The number of carbonyl (C=O) groups excluding carboxylic acids is 1. The molecule has 7 heteroatoms. The van der Waals surface area contributed by atoms with E-state index in [2.05, 4.69) is 20.9 Å². The third-order valence-corrected chi connectivity index (χ3v) is 3.81. The van der Waals surface area contributed by atoms with Crippen molar-refractivity contribution in [3.63, 3.8) is 0 Å². The van der Waals surface area contributed by atoms with Crippen molar-refractivity contribution in [1.82, 2.24) is 10.6 Å². The Morgan fingerprint density at radius 3 is 2.57 bits per heavy atom. The van der Waals surface area contributed by atoms with Gasteiger partial charge in [0.15, 0.2) is 5.96 Å². The molecule has 0 aliphatic carbocycles. The van der Waals surface area contributed by atoms with E-state index in [1.54, 1.807) is 7.05 Å². The molecule has 1 unspecified atom stereocenters. The van der Waals surface area contributed by atoms with Gasteiger partial charge < -0.3 is 20.7 Å². The van der Waals surface area contributed by atoms with Crippen molar-refractivity contribution < 1.29 is 9.53 Å². The highest BCUT2D eigenvalue weighted by Gasteiger charge is 2.06. The first-order valence-electron chi connectivity index (χ1n) is 9.00. The van der Waals surface area contributed by atoms with E-state index in [9.17, 15) is 4.79 Å². The molecule has 3 N–H and O–H groups in total. The van der Waals surface area contributed by atoms with Crippen LogP contribution in [-0.2, 0) is 11.3 Å². The molecule has 0 aliphatic heterocycles. The van der Waals surface area contributed by atoms with Crippen molar-refractivity contribution in [1.29, 1.82) is 0 Å². The third kappa shape index (κ3) is 8.60. The summed E-state index contributed by atoms with van der Waals surface area (Å²) < 4.78 is 5.92. The van der Waals surface area contributed by atoms with Crippen molar-refractivity contribution in [2.24, 2.45) is 4.99 Å². The fraction of sp³-hybridized carbons (Fsp3) is 0.333. The number of amides is 1. The highest BCUT2D eigenvalue weighted by atomic mass is 127.